The van der Waals surface area contributed by atoms with E-state index in [1.54, 1.807) is 18.2 Å². The van der Waals surface area contributed by atoms with Gasteiger partial charge in [-0.05, 0) is 12.1 Å². The predicted molar refractivity (Wildman–Crippen MR) is 64.3 cm³/mol. The molecule has 0 saturated heterocycles. The lowest BCUT2D eigenvalue weighted by atomic mass is 10.1. The Balaban J connectivity index is 3.07. The number of carbonyl (C=O) groups is 2. The second-order valence-electron chi connectivity index (χ2n) is 3.27. The minimum Gasteiger partial charge on any atom is -0.477 e. The first-order valence-corrected chi connectivity index (χ1v) is 5.44. The summed E-state index contributed by atoms with van der Waals surface area (Å²) in [4.78, 5) is 21.4. The highest BCUT2D eigenvalue weighted by molar-refractivity contribution is 9.10. The Bertz CT molecular complexity index is 488. The van der Waals surface area contributed by atoms with Crippen molar-refractivity contribution in [1.29, 1.82) is 5.41 Å². The van der Waals surface area contributed by atoms with E-state index in [4.69, 9.17) is 16.2 Å². The summed E-state index contributed by atoms with van der Waals surface area (Å²) in [6.07, 6.45) is 0. The summed E-state index contributed by atoms with van der Waals surface area (Å²) in [6, 6.07) is 4.84. The molecule has 6 N–H and O–H groups in total. The van der Waals surface area contributed by atoms with Gasteiger partial charge in [0.2, 0.25) is 0 Å². The number of amides is 1. The molecule has 0 aromatic heterocycles. The molecule has 7 heteroatoms. The van der Waals surface area contributed by atoms with E-state index in [2.05, 4.69) is 15.9 Å². The molecule has 1 rings (SSSR count). The summed E-state index contributed by atoms with van der Waals surface area (Å²) in [7, 11) is 0. The molecule has 1 amide bonds. The molecule has 0 aliphatic heterocycles. The maximum atomic E-state index is 10.9. The summed E-state index contributed by atoms with van der Waals surface area (Å²) < 4.78 is 0.732. The van der Waals surface area contributed by atoms with E-state index < -0.39 is 11.9 Å². The molecule has 0 spiro atoms. The SMILES string of the molecule is N=C(C(N)=O)c1ccc(Br)cc1[NH2+]CC(=O)O. The molecule has 0 atom stereocenters. The number of hydrogen-bond donors (Lipinski definition) is 4. The monoisotopic (exact) mass is 300 g/mol. The van der Waals surface area contributed by atoms with Gasteiger partial charge >= 0.3 is 5.97 Å². The van der Waals surface area contributed by atoms with Crippen LogP contribution in [0, 0.1) is 5.41 Å². The van der Waals surface area contributed by atoms with Crippen molar-refractivity contribution in [3.05, 3.63) is 28.2 Å². The van der Waals surface area contributed by atoms with Gasteiger partial charge in [-0.1, -0.05) is 15.9 Å². The van der Waals surface area contributed by atoms with Crippen LogP contribution in [-0.4, -0.2) is 29.2 Å². The van der Waals surface area contributed by atoms with Gasteiger partial charge in [0, 0.05) is 10.5 Å². The first-order valence-electron chi connectivity index (χ1n) is 4.65. The van der Waals surface area contributed by atoms with E-state index in [0.717, 1.165) is 4.47 Å². The number of nitrogens with one attached hydrogen (secondary N) is 1. The maximum absolute atomic E-state index is 10.9. The number of hydrogen-bond acceptors (Lipinski definition) is 3. The van der Waals surface area contributed by atoms with Crippen LogP contribution >= 0.6 is 15.9 Å². The van der Waals surface area contributed by atoms with E-state index in [0.29, 0.717) is 11.3 Å². The number of quaternary nitrogens is 1. The molecule has 6 nitrogen and oxygen atoms in total. The lowest BCUT2D eigenvalue weighted by Gasteiger charge is -2.06. The summed E-state index contributed by atoms with van der Waals surface area (Å²) in [5.74, 6) is -1.83. The highest BCUT2D eigenvalue weighted by atomic mass is 79.9. The smallest absolute Gasteiger partial charge is 0.359 e. The first kappa shape index (κ1) is 13.3. The molecule has 0 heterocycles. The van der Waals surface area contributed by atoms with Gasteiger partial charge in [0.05, 0.1) is 5.56 Å². The number of aliphatic carboxylic acids is 1. The van der Waals surface area contributed by atoms with Gasteiger partial charge in [-0.2, -0.15) is 0 Å². The topological polar surface area (TPSA) is 121 Å². The van der Waals surface area contributed by atoms with Gasteiger partial charge in [-0.3, -0.25) is 10.2 Å². The van der Waals surface area contributed by atoms with E-state index in [9.17, 15) is 9.59 Å². The van der Waals surface area contributed by atoms with Crippen LogP contribution in [0.15, 0.2) is 22.7 Å². The molecule has 0 bridgehead atoms. The zero-order valence-electron chi connectivity index (χ0n) is 8.74. The fourth-order valence-electron chi connectivity index (χ4n) is 1.26. The molecule has 0 radical (unpaired) electrons. The Morgan fingerprint density at radius 2 is 2.12 bits per heavy atom. The summed E-state index contributed by atoms with van der Waals surface area (Å²) in [6.45, 7) is -0.185. The van der Waals surface area contributed by atoms with E-state index in [-0.39, 0.29) is 12.3 Å². The second-order valence-corrected chi connectivity index (χ2v) is 4.19. The molecule has 1 aromatic carbocycles. The van der Waals surface area contributed by atoms with Crippen LogP contribution in [0.1, 0.15) is 5.56 Å². The van der Waals surface area contributed by atoms with Gasteiger partial charge in [0.15, 0.2) is 6.54 Å². The number of benzene rings is 1. The average molecular weight is 301 g/mol. The lowest BCUT2D eigenvalue weighted by Crippen LogP contribution is -2.80. The molecule has 17 heavy (non-hydrogen) atoms. The van der Waals surface area contributed by atoms with Crippen molar-refractivity contribution < 1.29 is 20.0 Å². The Hall–Kier alpha value is -1.73. The molecule has 0 aliphatic rings. The van der Waals surface area contributed by atoms with E-state index in [1.807, 2.05) is 0 Å². The number of carbonyl (C=O) groups excluding carboxylic acids is 1. The molecule has 90 valence electrons. The highest BCUT2D eigenvalue weighted by Crippen LogP contribution is 2.18. The summed E-state index contributed by atoms with van der Waals surface area (Å²) in [5.41, 5.74) is 5.50. The van der Waals surface area contributed by atoms with Crippen molar-refractivity contribution in [2.24, 2.45) is 5.73 Å². The van der Waals surface area contributed by atoms with Crippen LogP contribution in [0.25, 0.3) is 0 Å². The van der Waals surface area contributed by atoms with Crippen LogP contribution in [0.4, 0.5) is 5.69 Å². The Labute approximate surface area is 105 Å². The zero-order valence-corrected chi connectivity index (χ0v) is 10.3. The van der Waals surface area contributed by atoms with Crippen molar-refractivity contribution in [2.75, 3.05) is 6.54 Å². The van der Waals surface area contributed by atoms with E-state index >= 15 is 0 Å². The van der Waals surface area contributed by atoms with Gasteiger partial charge in [0.25, 0.3) is 5.91 Å². The zero-order chi connectivity index (χ0) is 13.0. The van der Waals surface area contributed by atoms with Gasteiger partial charge in [-0.15, -0.1) is 0 Å². The molecular formula is C10H11BrN3O3+. The fourth-order valence-corrected chi connectivity index (χ4v) is 1.64. The number of primary amides is 1. The fraction of sp³-hybridized carbons (Fsp3) is 0.100. The third-order valence-electron chi connectivity index (χ3n) is 2.03. The van der Waals surface area contributed by atoms with Crippen molar-refractivity contribution in [3.8, 4) is 0 Å². The van der Waals surface area contributed by atoms with Crippen molar-refractivity contribution >= 4 is 39.2 Å². The second kappa shape index (κ2) is 5.55. The summed E-state index contributed by atoms with van der Waals surface area (Å²) in [5, 5.41) is 17.5. The standard InChI is InChI=1S/C10H10BrN3O3/c11-5-1-2-6(9(12)10(13)17)7(3-5)14-4-8(15)16/h1-3,12,14H,4H2,(H2,13,17)(H,15,16)/p+1. The number of halogens is 1. The van der Waals surface area contributed by atoms with Crippen LogP contribution in [-0.2, 0) is 9.59 Å². The van der Waals surface area contributed by atoms with Crippen LogP contribution < -0.4 is 11.1 Å². The highest BCUT2D eigenvalue weighted by Gasteiger charge is 2.16. The van der Waals surface area contributed by atoms with E-state index in [1.165, 1.54) is 5.32 Å². The largest absolute Gasteiger partial charge is 0.477 e. The number of carboxylic acid groups (broad SMARTS) is 1. The maximum Gasteiger partial charge on any atom is 0.359 e. The molecular weight excluding hydrogens is 290 g/mol. The molecule has 0 fully saturated rings. The van der Waals surface area contributed by atoms with Crippen LogP contribution in [0.2, 0.25) is 0 Å². The Kier molecular flexibility index (Phi) is 4.36. The number of carboxylic acids is 1. The van der Waals surface area contributed by atoms with Crippen molar-refractivity contribution in [2.45, 2.75) is 0 Å². The molecule has 1 aromatic rings. The average Bonchev–Trinajstić information content (AvgIpc) is 2.25. The van der Waals surface area contributed by atoms with Crippen LogP contribution in [0.5, 0.6) is 0 Å². The van der Waals surface area contributed by atoms with Crippen LogP contribution in [0.3, 0.4) is 0 Å². The Morgan fingerprint density at radius 1 is 1.47 bits per heavy atom. The quantitative estimate of drug-likeness (QED) is 0.436. The molecule has 0 saturated carbocycles. The number of rotatable bonds is 5. The lowest BCUT2D eigenvalue weighted by molar-refractivity contribution is -0.561. The van der Waals surface area contributed by atoms with Gasteiger partial charge < -0.3 is 16.2 Å². The van der Waals surface area contributed by atoms with Crippen molar-refractivity contribution in [3.63, 3.8) is 0 Å². The normalized spacial score (nSPS) is 9.94. The third-order valence-corrected chi connectivity index (χ3v) is 2.52. The minimum absolute atomic E-state index is 0.185. The minimum atomic E-state index is -0.985. The van der Waals surface area contributed by atoms with Gasteiger partial charge in [-0.25, -0.2) is 4.79 Å². The van der Waals surface area contributed by atoms with Gasteiger partial charge in [0.1, 0.15) is 11.4 Å². The predicted octanol–water partition coefficient (Wildman–Crippen LogP) is -0.418. The molecule has 0 unspecified atom stereocenters. The first-order chi connectivity index (χ1) is 7.91. The Morgan fingerprint density at radius 3 is 2.65 bits per heavy atom. The molecule has 0 aliphatic carbocycles. The third kappa shape index (κ3) is 3.65. The number of nitrogens with two attached hydrogens (primary N) is 2. The van der Waals surface area contributed by atoms with Crippen molar-refractivity contribution in [1.82, 2.24) is 0 Å². The summed E-state index contributed by atoms with van der Waals surface area (Å²) >= 11 is 3.24.